The van der Waals surface area contributed by atoms with Crippen molar-refractivity contribution >= 4 is 5.65 Å². The van der Waals surface area contributed by atoms with Crippen molar-refractivity contribution in [1.29, 1.82) is 0 Å². The van der Waals surface area contributed by atoms with Gasteiger partial charge in [0.1, 0.15) is 11.8 Å². The Labute approximate surface area is 94.0 Å². The molecule has 2 aromatic heterocycles. The molecule has 0 spiro atoms. The molecule has 0 bridgehead atoms. The number of aromatic nitrogens is 2. The van der Waals surface area contributed by atoms with Crippen molar-refractivity contribution in [3.8, 4) is 0 Å². The predicted molar refractivity (Wildman–Crippen MR) is 61.0 cm³/mol. The second-order valence-corrected chi connectivity index (χ2v) is 4.21. The fraction of sp³-hybridized carbons (Fsp3) is 0.417. The summed E-state index contributed by atoms with van der Waals surface area (Å²) in [5.41, 5.74) is 7.70. The van der Waals surface area contributed by atoms with Crippen LogP contribution < -0.4 is 5.73 Å². The van der Waals surface area contributed by atoms with E-state index in [0.29, 0.717) is 12.5 Å². The molecule has 2 atom stereocenters. The Hall–Kier alpha value is -1.39. The maximum Gasteiger partial charge on any atom is 0.137 e. The lowest BCUT2D eigenvalue weighted by atomic mass is 10.00. The van der Waals surface area contributed by atoms with E-state index in [1.165, 1.54) is 0 Å². The lowest BCUT2D eigenvalue weighted by Gasteiger charge is -2.13. The summed E-state index contributed by atoms with van der Waals surface area (Å²) in [4.78, 5) is 4.58. The van der Waals surface area contributed by atoms with Gasteiger partial charge in [-0.1, -0.05) is 6.07 Å². The quantitative estimate of drug-likeness (QED) is 0.826. The molecular weight excluding hydrogens is 202 g/mol. The van der Waals surface area contributed by atoms with Gasteiger partial charge in [0, 0.05) is 24.9 Å². The van der Waals surface area contributed by atoms with E-state index in [1.807, 2.05) is 35.0 Å². The topological polar surface area (TPSA) is 52.5 Å². The van der Waals surface area contributed by atoms with E-state index < -0.39 is 0 Å². The minimum Gasteiger partial charge on any atom is -0.371 e. The Morgan fingerprint density at radius 2 is 2.44 bits per heavy atom. The monoisotopic (exact) mass is 217 g/mol. The molecule has 0 saturated carbocycles. The van der Waals surface area contributed by atoms with Crippen molar-refractivity contribution in [3.63, 3.8) is 0 Å². The van der Waals surface area contributed by atoms with Crippen LogP contribution in [0.4, 0.5) is 0 Å². The van der Waals surface area contributed by atoms with E-state index in [9.17, 15) is 0 Å². The lowest BCUT2D eigenvalue weighted by Crippen LogP contribution is -2.18. The summed E-state index contributed by atoms with van der Waals surface area (Å²) in [6, 6.07) is 5.98. The molecule has 16 heavy (non-hydrogen) atoms. The number of fused-ring (bicyclic) bond motifs is 1. The van der Waals surface area contributed by atoms with Gasteiger partial charge >= 0.3 is 0 Å². The van der Waals surface area contributed by atoms with Crippen molar-refractivity contribution in [2.24, 2.45) is 11.7 Å². The zero-order valence-corrected chi connectivity index (χ0v) is 9.04. The molecule has 3 heterocycles. The lowest BCUT2D eigenvalue weighted by molar-refractivity contribution is 0.0894. The van der Waals surface area contributed by atoms with Crippen LogP contribution in [0.25, 0.3) is 5.65 Å². The predicted octanol–water partition coefficient (Wildman–Crippen LogP) is 1.37. The van der Waals surface area contributed by atoms with Crippen LogP contribution in [-0.2, 0) is 4.74 Å². The van der Waals surface area contributed by atoms with Crippen LogP contribution in [0.2, 0.25) is 0 Å². The molecule has 0 radical (unpaired) electrons. The third-order valence-electron chi connectivity index (χ3n) is 3.19. The smallest absolute Gasteiger partial charge is 0.137 e. The highest BCUT2D eigenvalue weighted by molar-refractivity contribution is 5.40. The van der Waals surface area contributed by atoms with Crippen molar-refractivity contribution in [2.45, 2.75) is 12.5 Å². The zero-order valence-electron chi connectivity index (χ0n) is 9.04. The van der Waals surface area contributed by atoms with Gasteiger partial charge in [0.05, 0.1) is 5.69 Å². The molecule has 0 amide bonds. The molecule has 1 aliphatic heterocycles. The van der Waals surface area contributed by atoms with Crippen molar-refractivity contribution < 1.29 is 4.74 Å². The first-order chi connectivity index (χ1) is 7.88. The number of pyridine rings is 1. The van der Waals surface area contributed by atoms with E-state index in [0.717, 1.165) is 24.4 Å². The molecule has 2 N–H and O–H groups in total. The van der Waals surface area contributed by atoms with Crippen LogP contribution in [0, 0.1) is 5.92 Å². The Morgan fingerprint density at radius 3 is 3.25 bits per heavy atom. The van der Waals surface area contributed by atoms with Crippen molar-refractivity contribution in [1.82, 2.24) is 9.38 Å². The van der Waals surface area contributed by atoms with Gasteiger partial charge in [-0.25, -0.2) is 4.98 Å². The van der Waals surface area contributed by atoms with E-state index in [1.54, 1.807) is 0 Å². The van der Waals surface area contributed by atoms with Crippen LogP contribution in [-0.4, -0.2) is 22.5 Å². The Morgan fingerprint density at radius 1 is 1.50 bits per heavy atom. The highest BCUT2D eigenvalue weighted by Crippen LogP contribution is 2.33. The first kappa shape index (κ1) is 9.81. The van der Waals surface area contributed by atoms with Gasteiger partial charge in [0.2, 0.25) is 0 Å². The second kappa shape index (κ2) is 3.88. The molecule has 2 aromatic rings. The molecule has 4 heteroatoms. The number of imidazole rings is 1. The SMILES string of the molecule is NCC1CCOC1c1cn2ccccc2n1. The van der Waals surface area contributed by atoms with Gasteiger partial charge in [0.25, 0.3) is 0 Å². The second-order valence-electron chi connectivity index (χ2n) is 4.21. The summed E-state index contributed by atoms with van der Waals surface area (Å²) in [6.45, 7) is 1.46. The number of rotatable bonds is 2. The number of ether oxygens (including phenoxy) is 1. The number of nitrogens with two attached hydrogens (primary N) is 1. The third-order valence-corrected chi connectivity index (χ3v) is 3.19. The Bertz CT molecular complexity index is 461. The maximum absolute atomic E-state index is 5.74. The molecule has 0 aromatic carbocycles. The summed E-state index contributed by atoms with van der Waals surface area (Å²) in [7, 11) is 0. The standard InChI is InChI=1S/C12H15N3O/c13-7-9-4-6-16-12(9)10-8-15-5-2-1-3-11(15)14-10/h1-3,5,8-9,12H,4,6-7,13H2. The molecule has 0 aliphatic carbocycles. The van der Waals surface area contributed by atoms with E-state index in [4.69, 9.17) is 10.5 Å². The summed E-state index contributed by atoms with van der Waals surface area (Å²) in [5.74, 6) is 0.407. The largest absolute Gasteiger partial charge is 0.371 e. The first-order valence-electron chi connectivity index (χ1n) is 5.64. The average Bonchev–Trinajstić information content (AvgIpc) is 2.94. The number of hydrogen-bond acceptors (Lipinski definition) is 3. The Balaban J connectivity index is 1.99. The highest BCUT2D eigenvalue weighted by Gasteiger charge is 2.30. The molecule has 1 saturated heterocycles. The molecule has 1 fully saturated rings. The third kappa shape index (κ3) is 1.50. The van der Waals surface area contributed by atoms with E-state index >= 15 is 0 Å². The minimum atomic E-state index is 0.0740. The van der Waals surface area contributed by atoms with Gasteiger partial charge in [-0.05, 0) is 25.1 Å². The van der Waals surface area contributed by atoms with Gasteiger partial charge in [-0.15, -0.1) is 0 Å². The van der Waals surface area contributed by atoms with Gasteiger partial charge in [-0.3, -0.25) is 0 Å². The van der Waals surface area contributed by atoms with E-state index in [2.05, 4.69) is 4.98 Å². The molecular formula is C12H15N3O. The molecule has 4 nitrogen and oxygen atoms in total. The van der Waals surface area contributed by atoms with Crippen LogP contribution in [0.1, 0.15) is 18.2 Å². The van der Waals surface area contributed by atoms with Crippen molar-refractivity contribution in [2.75, 3.05) is 13.2 Å². The minimum absolute atomic E-state index is 0.0740. The number of nitrogens with zero attached hydrogens (tertiary/aromatic N) is 2. The van der Waals surface area contributed by atoms with E-state index in [-0.39, 0.29) is 6.10 Å². The van der Waals surface area contributed by atoms with Crippen LogP contribution in [0.15, 0.2) is 30.6 Å². The number of hydrogen-bond donors (Lipinski definition) is 1. The summed E-state index contributed by atoms with van der Waals surface area (Å²) < 4.78 is 7.73. The summed E-state index contributed by atoms with van der Waals surface area (Å²) in [5, 5.41) is 0. The summed E-state index contributed by atoms with van der Waals surface area (Å²) in [6.07, 6.45) is 5.14. The molecule has 2 unspecified atom stereocenters. The van der Waals surface area contributed by atoms with Gasteiger partial charge in [0.15, 0.2) is 0 Å². The van der Waals surface area contributed by atoms with Crippen LogP contribution in [0.5, 0.6) is 0 Å². The fourth-order valence-electron chi connectivity index (χ4n) is 2.29. The summed E-state index contributed by atoms with van der Waals surface area (Å²) >= 11 is 0. The Kier molecular flexibility index (Phi) is 2.38. The van der Waals surface area contributed by atoms with Gasteiger partial charge in [-0.2, -0.15) is 0 Å². The normalized spacial score (nSPS) is 25.3. The molecule has 3 rings (SSSR count). The zero-order chi connectivity index (χ0) is 11.0. The first-order valence-corrected chi connectivity index (χ1v) is 5.64. The highest BCUT2D eigenvalue weighted by atomic mass is 16.5. The van der Waals surface area contributed by atoms with Crippen molar-refractivity contribution in [3.05, 3.63) is 36.3 Å². The molecule has 1 aliphatic rings. The van der Waals surface area contributed by atoms with Crippen LogP contribution >= 0.6 is 0 Å². The fourth-order valence-corrected chi connectivity index (χ4v) is 2.29. The van der Waals surface area contributed by atoms with Gasteiger partial charge < -0.3 is 14.9 Å². The molecule has 84 valence electrons. The maximum atomic E-state index is 5.74. The average molecular weight is 217 g/mol. The van der Waals surface area contributed by atoms with Crippen LogP contribution in [0.3, 0.4) is 0 Å².